The maximum Gasteiger partial charge on any atom is 0.166 e. The Kier molecular flexibility index (Phi) is 5.42. The van der Waals surface area contributed by atoms with E-state index in [1.54, 1.807) is 6.20 Å². The van der Waals surface area contributed by atoms with E-state index in [4.69, 9.17) is 27.2 Å². The highest BCUT2D eigenvalue weighted by atomic mass is 35.5. The first-order chi connectivity index (χ1) is 13.6. The van der Waals surface area contributed by atoms with Crippen LogP contribution in [0.1, 0.15) is 24.1 Å². The number of benzene rings is 1. The van der Waals surface area contributed by atoms with Gasteiger partial charge in [0.2, 0.25) is 0 Å². The van der Waals surface area contributed by atoms with E-state index in [-0.39, 0.29) is 17.8 Å². The number of nitrogens with one attached hydrogen (secondary N) is 1. The van der Waals surface area contributed by atoms with Crippen molar-refractivity contribution in [1.82, 2.24) is 20.1 Å². The molecule has 0 saturated carbocycles. The Morgan fingerprint density at radius 3 is 2.90 bits per heavy atom. The number of nitrogens with zero attached hydrogens (tertiary/aromatic N) is 3. The molecule has 0 amide bonds. The highest BCUT2D eigenvalue weighted by Crippen LogP contribution is 2.41. The number of aromatic nitrogens is 3. The SMILES string of the molecule is Cl.Nc1ncc(-c2cc3n(n2)CC[C@@]32CCNC2)cc1OCc1ccccc1Cl. The van der Waals surface area contributed by atoms with E-state index in [9.17, 15) is 0 Å². The Morgan fingerprint density at radius 2 is 2.10 bits per heavy atom. The molecule has 5 rings (SSSR count). The zero-order valence-corrected chi connectivity index (χ0v) is 17.5. The molecule has 1 atom stereocenters. The summed E-state index contributed by atoms with van der Waals surface area (Å²) in [4.78, 5) is 4.32. The Labute approximate surface area is 180 Å². The molecule has 6 nitrogen and oxygen atoms in total. The minimum Gasteiger partial charge on any atom is -0.485 e. The summed E-state index contributed by atoms with van der Waals surface area (Å²) in [6, 6.07) is 11.7. The standard InChI is InChI=1S/C21H22ClN5O.ClH/c22-16-4-2-1-3-14(16)12-28-18-9-15(11-25-20(18)23)17-10-19-21(5-7-24-13-21)6-8-27(19)26-17;/h1-4,9-11,24H,5-8,12-13H2,(H2,23,25);1H/t21-;/m1./s1. The summed E-state index contributed by atoms with van der Waals surface area (Å²) >= 11 is 6.21. The van der Waals surface area contributed by atoms with Crippen LogP contribution in [0.15, 0.2) is 42.6 Å². The van der Waals surface area contributed by atoms with Crippen LogP contribution in [0, 0.1) is 0 Å². The van der Waals surface area contributed by atoms with E-state index in [2.05, 4.69) is 21.0 Å². The number of fused-ring (bicyclic) bond motifs is 2. The van der Waals surface area contributed by atoms with E-state index in [1.807, 2.05) is 30.3 Å². The van der Waals surface area contributed by atoms with Crippen molar-refractivity contribution in [2.24, 2.45) is 0 Å². The van der Waals surface area contributed by atoms with Gasteiger partial charge < -0.3 is 15.8 Å². The average Bonchev–Trinajstić information content (AvgIpc) is 3.41. The normalized spacial score (nSPS) is 19.9. The van der Waals surface area contributed by atoms with Crippen molar-refractivity contribution in [1.29, 1.82) is 0 Å². The van der Waals surface area contributed by atoms with Gasteiger partial charge in [0, 0.05) is 46.5 Å². The lowest BCUT2D eigenvalue weighted by Gasteiger charge is -2.20. The molecular weight excluding hydrogens is 409 g/mol. The lowest BCUT2D eigenvalue weighted by atomic mass is 9.82. The van der Waals surface area contributed by atoms with Crippen molar-refractivity contribution in [2.45, 2.75) is 31.4 Å². The maximum absolute atomic E-state index is 6.21. The lowest BCUT2D eigenvalue weighted by molar-refractivity contribution is 0.307. The zero-order valence-electron chi connectivity index (χ0n) is 15.9. The summed E-state index contributed by atoms with van der Waals surface area (Å²) in [7, 11) is 0. The topological polar surface area (TPSA) is 78.0 Å². The van der Waals surface area contributed by atoms with Gasteiger partial charge in [-0.2, -0.15) is 5.10 Å². The number of ether oxygens (including phenoxy) is 1. The molecule has 1 fully saturated rings. The minimum atomic E-state index is 0. The van der Waals surface area contributed by atoms with Crippen LogP contribution in [0.5, 0.6) is 5.75 Å². The molecule has 2 aliphatic rings. The first-order valence-corrected chi connectivity index (χ1v) is 9.94. The van der Waals surface area contributed by atoms with Gasteiger partial charge in [0.05, 0.1) is 5.69 Å². The van der Waals surface area contributed by atoms with Crippen LogP contribution in [0.3, 0.4) is 0 Å². The number of nitrogen functional groups attached to an aromatic ring is 1. The second-order valence-corrected chi connectivity index (χ2v) is 7.99. The molecule has 0 unspecified atom stereocenters. The molecule has 4 heterocycles. The molecule has 2 aliphatic heterocycles. The fraction of sp³-hybridized carbons (Fsp3) is 0.333. The van der Waals surface area contributed by atoms with Gasteiger partial charge in [0.1, 0.15) is 6.61 Å². The first-order valence-electron chi connectivity index (χ1n) is 9.56. The van der Waals surface area contributed by atoms with Crippen molar-refractivity contribution in [3.8, 4) is 17.0 Å². The predicted molar refractivity (Wildman–Crippen MR) is 117 cm³/mol. The molecule has 0 aliphatic carbocycles. The summed E-state index contributed by atoms with van der Waals surface area (Å²) in [5.74, 6) is 0.904. The Morgan fingerprint density at radius 1 is 1.24 bits per heavy atom. The van der Waals surface area contributed by atoms with Gasteiger partial charge in [-0.25, -0.2) is 4.98 Å². The van der Waals surface area contributed by atoms with Crippen LogP contribution in [0.4, 0.5) is 5.82 Å². The van der Waals surface area contributed by atoms with Crippen LogP contribution >= 0.6 is 24.0 Å². The predicted octanol–water partition coefficient (Wildman–Crippen LogP) is 3.82. The van der Waals surface area contributed by atoms with Crippen molar-refractivity contribution in [2.75, 3.05) is 18.8 Å². The number of hydrogen-bond donors (Lipinski definition) is 2. The second-order valence-electron chi connectivity index (χ2n) is 7.58. The number of aryl methyl sites for hydroxylation is 1. The largest absolute Gasteiger partial charge is 0.485 e. The van der Waals surface area contributed by atoms with Gasteiger partial charge in [-0.3, -0.25) is 4.68 Å². The quantitative estimate of drug-likeness (QED) is 0.656. The zero-order chi connectivity index (χ0) is 19.1. The van der Waals surface area contributed by atoms with Crippen molar-refractivity contribution in [3.05, 3.63) is 58.9 Å². The number of anilines is 1. The fourth-order valence-electron chi connectivity index (χ4n) is 4.26. The summed E-state index contributed by atoms with van der Waals surface area (Å²) in [6.07, 6.45) is 4.09. The summed E-state index contributed by atoms with van der Waals surface area (Å²) in [5, 5.41) is 8.98. The van der Waals surface area contributed by atoms with E-state index in [0.29, 0.717) is 23.2 Å². The molecule has 152 valence electrons. The monoisotopic (exact) mass is 431 g/mol. The number of pyridine rings is 1. The number of halogens is 2. The average molecular weight is 432 g/mol. The Balaban J connectivity index is 0.00000205. The van der Waals surface area contributed by atoms with Crippen LogP contribution in [0.25, 0.3) is 11.3 Å². The molecule has 1 spiro atoms. The summed E-state index contributed by atoms with van der Waals surface area (Å²) in [5.41, 5.74) is 10.3. The molecule has 3 aromatic rings. The molecule has 3 N–H and O–H groups in total. The molecule has 29 heavy (non-hydrogen) atoms. The number of hydrogen-bond acceptors (Lipinski definition) is 5. The van der Waals surface area contributed by atoms with Crippen molar-refractivity contribution < 1.29 is 4.74 Å². The molecule has 0 bridgehead atoms. The number of rotatable bonds is 4. The van der Waals surface area contributed by atoms with Crippen LogP contribution in [-0.4, -0.2) is 27.9 Å². The third kappa shape index (κ3) is 3.56. The molecule has 8 heteroatoms. The van der Waals surface area contributed by atoms with Crippen LogP contribution < -0.4 is 15.8 Å². The van der Waals surface area contributed by atoms with E-state index in [0.717, 1.165) is 42.9 Å². The van der Waals surface area contributed by atoms with Gasteiger partial charge in [-0.05, 0) is 37.6 Å². The summed E-state index contributed by atoms with van der Waals surface area (Å²) < 4.78 is 8.06. The van der Waals surface area contributed by atoms with Gasteiger partial charge in [-0.1, -0.05) is 29.8 Å². The molecule has 1 saturated heterocycles. The molecule has 1 aromatic carbocycles. The highest BCUT2D eigenvalue weighted by molar-refractivity contribution is 6.31. The van der Waals surface area contributed by atoms with E-state index < -0.39 is 0 Å². The van der Waals surface area contributed by atoms with Gasteiger partial charge in [0.25, 0.3) is 0 Å². The third-order valence-corrected chi connectivity index (χ3v) is 6.26. The highest BCUT2D eigenvalue weighted by Gasteiger charge is 2.42. The smallest absolute Gasteiger partial charge is 0.166 e. The number of nitrogens with two attached hydrogens (primary N) is 1. The van der Waals surface area contributed by atoms with Gasteiger partial charge in [0.15, 0.2) is 11.6 Å². The third-order valence-electron chi connectivity index (χ3n) is 5.89. The van der Waals surface area contributed by atoms with Crippen molar-refractivity contribution in [3.63, 3.8) is 0 Å². The van der Waals surface area contributed by atoms with E-state index in [1.165, 1.54) is 12.1 Å². The summed E-state index contributed by atoms with van der Waals surface area (Å²) in [6.45, 7) is 3.41. The molecule has 2 aromatic heterocycles. The fourth-order valence-corrected chi connectivity index (χ4v) is 4.45. The van der Waals surface area contributed by atoms with Gasteiger partial charge >= 0.3 is 0 Å². The van der Waals surface area contributed by atoms with E-state index >= 15 is 0 Å². The maximum atomic E-state index is 6.21. The second kappa shape index (κ2) is 7.86. The van der Waals surface area contributed by atoms with Crippen molar-refractivity contribution >= 4 is 29.8 Å². The Bertz CT molecular complexity index is 1030. The minimum absolute atomic E-state index is 0. The molecular formula is C21H23Cl2N5O. The molecule has 0 radical (unpaired) electrons. The lowest BCUT2D eigenvalue weighted by Crippen LogP contribution is -2.25. The van der Waals surface area contributed by atoms with Gasteiger partial charge in [-0.15, -0.1) is 12.4 Å². The van der Waals surface area contributed by atoms with Crippen LogP contribution in [-0.2, 0) is 18.6 Å². The Hall–Kier alpha value is -2.28. The van der Waals surface area contributed by atoms with Crippen LogP contribution in [0.2, 0.25) is 5.02 Å². The first kappa shape index (κ1) is 20.0.